The third-order valence-electron chi connectivity index (χ3n) is 5.96. The van der Waals surface area contributed by atoms with Crippen molar-refractivity contribution in [1.29, 1.82) is 0 Å². The van der Waals surface area contributed by atoms with E-state index in [4.69, 9.17) is 9.84 Å². The number of piperidine rings is 1. The fourth-order valence-electron chi connectivity index (χ4n) is 4.05. The Labute approximate surface area is 189 Å². The molecular formula is C25H33N5O2. The largest absolute Gasteiger partial charge is 0.497 e. The quantitative estimate of drug-likeness (QED) is 0.635. The fourth-order valence-corrected chi connectivity index (χ4v) is 4.05. The molecule has 32 heavy (non-hydrogen) atoms. The Morgan fingerprint density at radius 2 is 1.91 bits per heavy atom. The van der Waals surface area contributed by atoms with Crippen LogP contribution in [0.15, 0.2) is 36.4 Å². The second kappa shape index (κ2) is 9.28. The molecule has 0 aliphatic carbocycles. The zero-order chi connectivity index (χ0) is 22.7. The van der Waals surface area contributed by atoms with E-state index >= 15 is 0 Å². The van der Waals surface area contributed by atoms with Gasteiger partial charge in [-0.3, -0.25) is 4.79 Å². The van der Waals surface area contributed by atoms with Crippen LogP contribution in [0.1, 0.15) is 56.2 Å². The van der Waals surface area contributed by atoms with Gasteiger partial charge < -0.3 is 15.0 Å². The Morgan fingerprint density at radius 1 is 1.12 bits per heavy atom. The molecule has 7 nitrogen and oxygen atoms in total. The summed E-state index contributed by atoms with van der Waals surface area (Å²) in [5, 5.41) is 7.87. The van der Waals surface area contributed by atoms with Gasteiger partial charge >= 0.3 is 0 Å². The minimum absolute atomic E-state index is 0.129. The van der Waals surface area contributed by atoms with Crippen molar-refractivity contribution in [3.8, 4) is 17.0 Å². The van der Waals surface area contributed by atoms with Crippen LogP contribution in [0.2, 0.25) is 0 Å². The lowest BCUT2D eigenvalue weighted by Crippen LogP contribution is -2.37. The lowest BCUT2D eigenvalue weighted by Gasteiger charge is -2.26. The SMILES string of the molecule is COc1cccc(-c2cc(C(=O)NCCN3CCCCC3)nc3cc(C(C)(C)C)nn23)c1. The molecule has 1 aliphatic rings. The zero-order valence-corrected chi connectivity index (χ0v) is 19.5. The van der Waals surface area contributed by atoms with Gasteiger partial charge in [0.15, 0.2) is 5.65 Å². The number of hydrogen-bond acceptors (Lipinski definition) is 5. The van der Waals surface area contributed by atoms with Crippen molar-refractivity contribution >= 4 is 11.6 Å². The summed E-state index contributed by atoms with van der Waals surface area (Å²) in [4.78, 5) is 20.1. The summed E-state index contributed by atoms with van der Waals surface area (Å²) in [6.45, 7) is 10.1. The number of methoxy groups -OCH3 is 1. The van der Waals surface area contributed by atoms with Gasteiger partial charge in [-0.25, -0.2) is 9.50 Å². The van der Waals surface area contributed by atoms with Gasteiger partial charge in [-0.05, 0) is 44.1 Å². The Morgan fingerprint density at radius 3 is 2.62 bits per heavy atom. The number of rotatable bonds is 6. The number of hydrogen-bond donors (Lipinski definition) is 1. The number of aromatic nitrogens is 3. The normalized spacial score (nSPS) is 15.1. The van der Waals surface area contributed by atoms with Crippen LogP contribution >= 0.6 is 0 Å². The van der Waals surface area contributed by atoms with E-state index in [1.807, 2.05) is 40.9 Å². The van der Waals surface area contributed by atoms with Gasteiger partial charge in [0.2, 0.25) is 0 Å². The minimum atomic E-state index is -0.160. The third-order valence-corrected chi connectivity index (χ3v) is 5.96. The van der Waals surface area contributed by atoms with E-state index < -0.39 is 0 Å². The molecule has 0 saturated carbocycles. The number of nitrogens with zero attached hydrogens (tertiary/aromatic N) is 4. The Kier molecular flexibility index (Phi) is 6.46. The van der Waals surface area contributed by atoms with Gasteiger partial charge in [0.1, 0.15) is 11.4 Å². The van der Waals surface area contributed by atoms with Gasteiger partial charge in [0, 0.05) is 30.1 Å². The molecule has 1 N–H and O–H groups in total. The van der Waals surface area contributed by atoms with Crippen molar-refractivity contribution in [3.63, 3.8) is 0 Å². The van der Waals surface area contributed by atoms with Crippen molar-refractivity contribution in [2.75, 3.05) is 33.3 Å². The van der Waals surface area contributed by atoms with E-state index in [2.05, 4.69) is 36.0 Å². The molecule has 3 aromatic rings. The molecule has 0 spiro atoms. The van der Waals surface area contributed by atoms with Gasteiger partial charge in [0.25, 0.3) is 5.91 Å². The lowest BCUT2D eigenvalue weighted by atomic mass is 9.93. The highest BCUT2D eigenvalue weighted by molar-refractivity contribution is 5.94. The van der Waals surface area contributed by atoms with Crippen molar-refractivity contribution in [2.45, 2.75) is 45.4 Å². The second-order valence-electron chi connectivity index (χ2n) is 9.47. The predicted octanol–water partition coefficient (Wildman–Crippen LogP) is 3.92. The zero-order valence-electron chi connectivity index (χ0n) is 19.5. The number of fused-ring (bicyclic) bond motifs is 1. The maximum absolute atomic E-state index is 13.0. The van der Waals surface area contributed by atoms with Crippen LogP contribution in [0, 0.1) is 0 Å². The lowest BCUT2D eigenvalue weighted by molar-refractivity contribution is 0.0941. The molecule has 0 bridgehead atoms. The van der Waals surface area contributed by atoms with Gasteiger partial charge in [0.05, 0.1) is 18.5 Å². The van der Waals surface area contributed by atoms with Crippen LogP contribution in [0.4, 0.5) is 0 Å². The number of benzene rings is 1. The van der Waals surface area contributed by atoms with Crippen LogP contribution in [0.25, 0.3) is 16.9 Å². The molecule has 4 rings (SSSR count). The number of likely N-dealkylation sites (tertiary alicyclic amines) is 1. The van der Waals surface area contributed by atoms with Gasteiger partial charge in [-0.15, -0.1) is 0 Å². The summed E-state index contributed by atoms with van der Waals surface area (Å²) in [6.07, 6.45) is 3.79. The standard InChI is InChI=1S/C25H33N5O2/c1-25(2,3)22-17-23-27-20(24(31)26-11-14-29-12-6-5-7-13-29)16-21(30(23)28-22)18-9-8-10-19(15-18)32-4/h8-10,15-17H,5-7,11-14H2,1-4H3,(H,26,31). The first-order chi connectivity index (χ1) is 15.3. The van der Waals surface area contributed by atoms with Crippen molar-refractivity contribution in [2.24, 2.45) is 0 Å². The summed E-state index contributed by atoms with van der Waals surface area (Å²) < 4.78 is 7.23. The Balaban J connectivity index is 1.65. The molecular weight excluding hydrogens is 402 g/mol. The maximum atomic E-state index is 13.0. The van der Waals surface area contributed by atoms with Crippen LogP contribution in [-0.2, 0) is 5.41 Å². The highest BCUT2D eigenvalue weighted by atomic mass is 16.5. The first-order valence-electron chi connectivity index (χ1n) is 11.4. The predicted molar refractivity (Wildman–Crippen MR) is 126 cm³/mol. The highest BCUT2D eigenvalue weighted by Gasteiger charge is 2.22. The number of amides is 1. The van der Waals surface area contributed by atoms with Crippen LogP contribution in [-0.4, -0.2) is 58.7 Å². The molecule has 1 fully saturated rings. The molecule has 1 aliphatic heterocycles. The molecule has 2 aromatic heterocycles. The van der Waals surface area contributed by atoms with Crippen LogP contribution in [0.3, 0.4) is 0 Å². The smallest absolute Gasteiger partial charge is 0.270 e. The molecule has 170 valence electrons. The Bertz CT molecular complexity index is 1090. The highest BCUT2D eigenvalue weighted by Crippen LogP contribution is 2.28. The topological polar surface area (TPSA) is 71.8 Å². The number of carbonyl (C=O) groups is 1. The van der Waals surface area contributed by atoms with Gasteiger partial charge in [-0.1, -0.05) is 39.3 Å². The molecule has 0 radical (unpaired) electrons. The van der Waals surface area contributed by atoms with Crippen molar-refractivity contribution < 1.29 is 9.53 Å². The van der Waals surface area contributed by atoms with Crippen LogP contribution in [0.5, 0.6) is 5.75 Å². The summed E-state index contributed by atoms with van der Waals surface area (Å²) in [7, 11) is 1.65. The van der Waals surface area contributed by atoms with Crippen LogP contribution < -0.4 is 10.1 Å². The molecule has 1 aromatic carbocycles. The number of carbonyl (C=O) groups excluding carboxylic acids is 1. The number of ether oxygens (including phenoxy) is 1. The van der Waals surface area contributed by atoms with E-state index in [-0.39, 0.29) is 11.3 Å². The van der Waals surface area contributed by atoms with E-state index in [1.165, 1.54) is 19.3 Å². The monoisotopic (exact) mass is 435 g/mol. The summed E-state index contributed by atoms with van der Waals surface area (Å²) >= 11 is 0. The van der Waals surface area contributed by atoms with E-state index in [1.54, 1.807) is 7.11 Å². The summed E-state index contributed by atoms with van der Waals surface area (Å²) in [5.74, 6) is 0.593. The van der Waals surface area contributed by atoms with E-state index in [0.717, 1.165) is 42.3 Å². The van der Waals surface area contributed by atoms with E-state index in [9.17, 15) is 4.79 Å². The average Bonchev–Trinajstić information content (AvgIpc) is 3.24. The fraction of sp³-hybridized carbons (Fsp3) is 0.480. The molecule has 0 atom stereocenters. The average molecular weight is 436 g/mol. The number of nitrogens with one attached hydrogen (secondary N) is 1. The molecule has 1 saturated heterocycles. The molecule has 7 heteroatoms. The minimum Gasteiger partial charge on any atom is -0.497 e. The van der Waals surface area contributed by atoms with Gasteiger partial charge in [-0.2, -0.15) is 5.10 Å². The first kappa shape index (κ1) is 22.3. The molecule has 1 amide bonds. The first-order valence-corrected chi connectivity index (χ1v) is 11.4. The molecule has 0 unspecified atom stereocenters. The third kappa shape index (κ3) is 4.93. The van der Waals surface area contributed by atoms with Crippen molar-refractivity contribution in [3.05, 3.63) is 47.8 Å². The summed E-state index contributed by atoms with van der Waals surface area (Å²) in [5.41, 5.74) is 3.59. The Hall–Kier alpha value is -2.93. The summed E-state index contributed by atoms with van der Waals surface area (Å²) in [6, 6.07) is 11.6. The van der Waals surface area contributed by atoms with E-state index in [0.29, 0.717) is 17.9 Å². The maximum Gasteiger partial charge on any atom is 0.270 e. The van der Waals surface area contributed by atoms with Crippen molar-refractivity contribution in [1.82, 2.24) is 24.8 Å². The second-order valence-corrected chi connectivity index (χ2v) is 9.47. The molecule has 3 heterocycles.